The van der Waals surface area contributed by atoms with Crippen molar-refractivity contribution in [2.45, 2.75) is 45.3 Å². The number of para-hydroxylation sites is 1. The van der Waals surface area contributed by atoms with E-state index in [0.717, 1.165) is 35.3 Å². The highest BCUT2D eigenvalue weighted by Gasteiger charge is 2.66. The van der Waals surface area contributed by atoms with Gasteiger partial charge in [0.1, 0.15) is 5.75 Å². The minimum atomic E-state index is 0.170. The third-order valence-corrected chi connectivity index (χ3v) is 5.85. The van der Waals surface area contributed by atoms with Crippen LogP contribution in [0.15, 0.2) is 24.3 Å². The highest BCUT2D eigenvalue weighted by Crippen LogP contribution is 2.72. The number of fused-ring (bicyclic) bond motifs is 5. The normalized spacial score (nSPS) is 38.9. The average molecular weight is 271 g/mol. The molecular formula is C18H25NO. The average Bonchev–Trinajstić information content (AvgIpc) is 2.86. The van der Waals surface area contributed by atoms with Crippen LogP contribution >= 0.6 is 0 Å². The lowest BCUT2D eigenvalue weighted by molar-refractivity contribution is 0.237. The Balaban J connectivity index is 1.56. The van der Waals surface area contributed by atoms with Crippen molar-refractivity contribution >= 4 is 0 Å². The predicted molar refractivity (Wildman–Crippen MR) is 80.4 cm³/mol. The van der Waals surface area contributed by atoms with Crippen LogP contribution in [0.25, 0.3) is 0 Å². The zero-order chi connectivity index (χ0) is 13.9. The van der Waals surface area contributed by atoms with Crippen LogP contribution in [0.2, 0.25) is 0 Å². The summed E-state index contributed by atoms with van der Waals surface area (Å²) in [4.78, 5) is 0. The maximum Gasteiger partial charge on any atom is 0.124 e. The first-order valence-corrected chi connectivity index (χ1v) is 8.18. The number of hydrogen-bond donors (Lipinski definition) is 1. The fraction of sp³-hybridized carbons (Fsp3) is 0.667. The lowest BCUT2D eigenvalue weighted by Crippen LogP contribution is -2.19. The molecule has 3 fully saturated rings. The van der Waals surface area contributed by atoms with Crippen LogP contribution in [0.1, 0.15) is 44.7 Å². The smallest absolute Gasteiger partial charge is 0.124 e. The van der Waals surface area contributed by atoms with Crippen LogP contribution in [-0.2, 0) is 0 Å². The molecule has 4 rings (SSSR count). The fourth-order valence-electron chi connectivity index (χ4n) is 5.20. The van der Waals surface area contributed by atoms with Crippen LogP contribution in [-0.4, -0.2) is 6.10 Å². The molecule has 0 aliphatic heterocycles. The summed E-state index contributed by atoms with van der Waals surface area (Å²) >= 11 is 0. The quantitative estimate of drug-likeness (QED) is 0.905. The monoisotopic (exact) mass is 271 g/mol. The molecule has 108 valence electrons. The molecule has 1 aromatic rings. The molecule has 3 saturated carbocycles. The molecule has 2 bridgehead atoms. The van der Waals surface area contributed by atoms with E-state index in [0.29, 0.717) is 0 Å². The van der Waals surface area contributed by atoms with Crippen molar-refractivity contribution in [1.29, 1.82) is 0 Å². The molecule has 2 nitrogen and oxygen atoms in total. The molecule has 0 heterocycles. The van der Waals surface area contributed by atoms with Gasteiger partial charge in [-0.25, -0.2) is 0 Å². The van der Waals surface area contributed by atoms with Crippen LogP contribution < -0.4 is 10.5 Å². The van der Waals surface area contributed by atoms with Crippen molar-refractivity contribution in [3.05, 3.63) is 29.8 Å². The van der Waals surface area contributed by atoms with Gasteiger partial charge in [0.15, 0.2) is 0 Å². The van der Waals surface area contributed by atoms with Crippen molar-refractivity contribution in [3.8, 4) is 5.75 Å². The fourth-order valence-corrected chi connectivity index (χ4v) is 5.20. The second-order valence-electron chi connectivity index (χ2n) is 7.30. The van der Waals surface area contributed by atoms with E-state index >= 15 is 0 Å². The van der Waals surface area contributed by atoms with E-state index in [1.54, 1.807) is 0 Å². The zero-order valence-corrected chi connectivity index (χ0v) is 12.5. The van der Waals surface area contributed by atoms with Crippen LogP contribution in [0, 0.1) is 29.6 Å². The third kappa shape index (κ3) is 1.81. The van der Waals surface area contributed by atoms with E-state index in [-0.39, 0.29) is 12.1 Å². The van der Waals surface area contributed by atoms with Crippen LogP contribution in [0.4, 0.5) is 0 Å². The van der Waals surface area contributed by atoms with Gasteiger partial charge in [-0.3, -0.25) is 0 Å². The van der Waals surface area contributed by atoms with Gasteiger partial charge >= 0.3 is 0 Å². The minimum Gasteiger partial charge on any atom is -0.491 e. The first-order valence-electron chi connectivity index (χ1n) is 8.18. The Hall–Kier alpha value is -1.02. The van der Waals surface area contributed by atoms with E-state index in [1.807, 2.05) is 6.07 Å². The summed E-state index contributed by atoms with van der Waals surface area (Å²) < 4.78 is 5.96. The molecule has 5 unspecified atom stereocenters. The molecule has 0 amide bonds. The number of nitrogens with two attached hydrogens (primary N) is 1. The highest BCUT2D eigenvalue weighted by molar-refractivity contribution is 5.38. The molecule has 0 saturated heterocycles. The van der Waals surface area contributed by atoms with Gasteiger partial charge in [-0.2, -0.15) is 0 Å². The number of rotatable bonds is 4. The molecule has 5 atom stereocenters. The molecular weight excluding hydrogens is 246 g/mol. The topological polar surface area (TPSA) is 35.2 Å². The van der Waals surface area contributed by atoms with E-state index in [2.05, 4.69) is 32.0 Å². The Morgan fingerprint density at radius 3 is 2.40 bits per heavy atom. The number of benzene rings is 1. The third-order valence-electron chi connectivity index (χ3n) is 5.85. The molecule has 2 N–H and O–H groups in total. The molecule has 1 aromatic carbocycles. The summed E-state index contributed by atoms with van der Waals surface area (Å²) in [7, 11) is 0. The van der Waals surface area contributed by atoms with Gasteiger partial charge in [0.05, 0.1) is 6.10 Å². The highest BCUT2D eigenvalue weighted by atomic mass is 16.5. The summed E-state index contributed by atoms with van der Waals surface area (Å²) in [6, 6.07) is 8.55. The lowest BCUT2D eigenvalue weighted by atomic mass is 9.93. The molecule has 2 heteroatoms. The Bertz CT molecular complexity index is 496. The Morgan fingerprint density at radius 1 is 1.10 bits per heavy atom. The molecule has 20 heavy (non-hydrogen) atoms. The van der Waals surface area contributed by atoms with E-state index in [9.17, 15) is 0 Å². The van der Waals surface area contributed by atoms with Crippen molar-refractivity contribution in [2.24, 2.45) is 35.3 Å². The van der Waals surface area contributed by atoms with Crippen molar-refractivity contribution in [3.63, 3.8) is 0 Å². The Morgan fingerprint density at radius 2 is 1.75 bits per heavy atom. The standard InChI is InChI=1S/C18H25NO/c1-10(2)20-14-6-4-3-5-13(14)18(19)17-15-11-7-8-12(9-11)16(15)17/h3-6,10-12,15-18H,7-9,19H2,1-2H3. The lowest BCUT2D eigenvalue weighted by Gasteiger charge is -2.21. The van der Waals surface area contributed by atoms with Crippen molar-refractivity contribution in [2.75, 3.05) is 0 Å². The van der Waals surface area contributed by atoms with E-state index in [4.69, 9.17) is 10.5 Å². The maximum absolute atomic E-state index is 6.64. The SMILES string of the molecule is CC(C)Oc1ccccc1C(N)C1C2C3CCC(C3)C21. The van der Waals surface area contributed by atoms with Gasteiger partial charge in [0.2, 0.25) is 0 Å². The van der Waals surface area contributed by atoms with Crippen LogP contribution in [0.5, 0.6) is 5.75 Å². The van der Waals surface area contributed by atoms with Gasteiger partial charge in [-0.15, -0.1) is 0 Å². The van der Waals surface area contributed by atoms with Gasteiger partial charge in [0.25, 0.3) is 0 Å². The van der Waals surface area contributed by atoms with E-state index in [1.165, 1.54) is 24.8 Å². The Labute approximate surface area is 121 Å². The summed E-state index contributed by atoms with van der Waals surface area (Å²) in [5, 5.41) is 0. The summed E-state index contributed by atoms with van der Waals surface area (Å²) in [5.74, 6) is 5.54. The second kappa shape index (κ2) is 4.49. The first kappa shape index (κ1) is 12.7. The zero-order valence-electron chi connectivity index (χ0n) is 12.5. The van der Waals surface area contributed by atoms with Gasteiger partial charge < -0.3 is 10.5 Å². The van der Waals surface area contributed by atoms with E-state index < -0.39 is 0 Å². The number of ether oxygens (including phenoxy) is 1. The van der Waals surface area contributed by atoms with Crippen molar-refractivity contribution < 1.29 is 4.74 Å². The van der Waals surface area contributed by atoms with Gasteiger partial charge in [-0.05, 0) is 68.8 Å². The van der Waals surface area contributed by atoms with Crippen LogP contribution in [0.3, 0.4) is 0 Å². The molecule has 0 radical (unpaired) electrons. The predicted octanol–water partition coefficient (Wildman–Crippen LogP) is 3.77. The minimum absolute atomic E-state index is 0.170. The largest absolute Gasteiger partial charge is 0.491 e. The summed E-state index contributed by atoms with van der Waals surface area (Å²) in [6.45, 7) is 4.16. The number of hydrogen-bond acceptors (Lipinski definition) is 2. The molecule has 3 aliphatic rings. The molecule has 0 aromatic heterocycles. The van der Waals surface area contributed by atoms with Gasteiger partial charge in [-0.1, -0.05) is 18.2 Å². The molecule has 3 aliphatic carbocycles. The first-order chi connectivity index (χ1) is 9.66. The second-order valence-corrected chi connectivity index (χ2v) is 7.30. The Kier molecular flexibility index (Phi) is 2.85. The summed E-state index contributed by atoms with van der Waals surface area (Å²) in [5.41, 5.74) is 7.86. The van der Waals surface area contributed by atoms with Crippen molar-refractivity contribution in [1.82, 2.24) is 0 Å². The van der Waals surface area contributed by atoms with Gasteiger partial charge in [0, 0.05) is 11.6 Å². The summed E-state index contributed by atoms with van der Waals surface area (Å²) in [6.07, 6.45) is 4.61. The maximum atomic E-state index is 6.64. The molecule has 0 spiro atoms.